The summed E-state index contributed by atoms with van der Waals surface area (Å²) in [6, 6.07) is 8.05. The van der Waals surface area contributed by atoms with Crippen LogP contribution in [0.2, 0.25) is 0 Å². The molecule has 0 fully saturated rings. The lowest BCUT2D eigenvalue weighted by Gasteiger charge is -2.36. The maximum atomic E-state index is 12.4. The molecule has 4 nitrogen and oxygen atoms in total. The van der Waals surface area contributed by atoms with Crippen LogP contribution < -0.4 is 0 Å². The van der Waals surface area contributed by atoms with Crippen molar-refractivity contribution >= 4 is 9.84 Å². The summed E-state index contributed by atoms with van der Waals surface area (Å²) >= 11 is 0. The summed E-state index contributed by atoms with van der Waals surface area (Å²) in [6.07, 6.45) is 3.70. The topological polar surface area (TPSA) is 74.6 Å². The van der Waals surface area contributed by atoms with E-state index in [9.17, 15) is 18.6 Å². The molecule has 0 spiro atoms. The monoisotopic (exact) mass is 280 g/mol. The molecule has 0 radical (unpaired) electrons. The second-order valence-corrected chi connectivity index (χ2v) is 7.09. The number of hydrogen-bond donors (Lipinski definition) is 2. The van der Waals surface area contributed by atoms with Crippen LogP contribution in [-0.4, -0.2) is 24.4 Å². The fourth-order valence-corrected chi connectivity index (χ4v) is 3.31. The van der Waals surface area contributed by atoms with Crippen LogP contribution >= 0.6 is 0 Å². The third-order valence-corrected chi connectivity index (χ3v) is 5.06. The lowest BCUT2D eigenvalue weighted by atomic mass is 9.80. The van der Waals surface area contributed by atoms with Crippen molar-refractivity contribution in [3.8, 4) is 0 Å². The fourth-order valence-electron chi connectivity index (χ4n) is 1.83. The smallest absolute Gasteiger partial charge is 0.206 e. The maximum absolute atomic E-state index is 12.4. The van der Waals surface area contributed by atoms with E-state index in [0.717, 1.165) is 6.08 Å². The highest BCUT2D eigenvalue weighted by Gasteiger charge is 2.42. The van der Waals surface area contributed by atoms with Crippen LogP contribution in [0.25, 0.3) is 0 Å². The van der Waals surface area contributed by atoms with Crippen molar-refractivity contribution in [2.75, 3.05) is 0 Å². The van der Waals surface area contributed by atoms with Crippen LogP contribution in [0, 0.1) is 5.41 Å². The first-order chi connectivity index (χ1) is 8.67. The van der Waals surface area contributed by atoms with Crippen molar-refractivity contribution in [1.82, 2.24) is 0 Å². The quantitative estimate of drug-likeness (QED) is 0.807. The molecule has 1 aliphatic carbocycles. The number of hydrogen-bond acceptors (Lipinski definition) is 4. The largest absolute Gasteiger partial charge is 0.362 e. The molecule has 19 heavy (non-hydrogen) atoms. The molecule has 2 N–H and O–H groups in total. The van der Waals surface area contributed by atoms with Gasteiger partial charge in [-0.15, -0.1) is 0 Å². The zero-order valence-corrected chi connectivity index (χ0v) is 11.6. The van der Waals surface area contributed by atoms with E-state index in [-0.39, 0.29) is 9.80 Å². The van der Waals surface area contributed by atoms with Crippen molar-refractivity contribution in [2.24, 2.45) is 5.41 Å². The van der Waals surface area contributed by atoms with Crippen molar-refractivity contribution in [3.05, 3.63) is 53.5 Å². The summed E-state index contributed by atoms with van der Waals surface area (Å²) in [6.45, 7) is 3.13. The lowest BCUT2D eigenvalue weighted by Crippen LogP contribution is -2.43. The second-order valence-electron chi connectivity index (χ2n) is 5.14. The van der Waals surface area contributed by atoms with Gasteiger partial charge < -0.3 is 10.2 Å². The van der Waals surface area contributed by atoms with Gasteiger partial charge in [0.15, 0.2) is 5.79 Å². The summed E-state index contributed by atoms with van der Waals surface area (Å²) in [5.41, 5.74) is -1.08. The summed E-state index contributed by atoms with van der Waals surface area (Å²) in [4.78, 5) is 0.257. The number of aliphatic hydroxyl groups is 2. The average molecular weight is 280 g/mol. The SMILES string of the molecule is CC1(C)C=C(S(=O)(=O)c2ccccc2)C=CC1(O)O. The predicted octanol–water partition coefficient (Wildman–Crippen LogP) is 1.62. The molecule has 0 aliphatic heterocycles. The van der Waals surface area contributed by atoms with E-state index in [1.165, 1.54) is 24.3 Å². The van der Waals surface area contributed by atoms with Crippen molar-refractivity contribution < 1.29 is 18.6 Å². The standard InChI is InChI=1S/C14H16O4S/c1-13(2)10-12(8-9-14(13,15)16)19(17,18)11-6-4-3-5-7-11/h3-10,15-16H,1-2H3. The number of allylic oxidation sites excluding steroid dienone is 1. The van der Waals surface area contributed by atoms with Crippen molar-refractivity contribution in [1.29, 1.82) is 0 Å². The van der Waals surface area contributed by atoms with E-state index in [2.05, 4.69) is 0 Å². The molecule has 0 unspecified atom stereocenters. The van der Waals surface area contributed by atoms with Crippen LogP contribution in [0.5, 0.6) is 0 Å². The number of benzene rings is 1. The Morgan fingerprint density at radius 1 is 1.05 bits per heavy atom. The van der Waals surface area contributed by atoms with E-state index in [4.69, 9.17) is 0 Å². The van der Waals surface area contributed by atoms with Gasteiger partial charge in [0.05, 0.1) is 9.80 Å². The van der Waals surface area contributed by atoms with Gasteiger partial charge in [0.2, 0.25) is 9.84 Å². The predicted molar refractivity (Wildman–Crippen MR) is 71.8 cm³/mol. The number of rotatable bonds is 2. The van der Waals surface area contributed by atoms with Gasteiger partial charge in [-0.2, -0.15) is 0 Å². The summed E-state index contributed by atoms with van der Waals surface area (Å²) in [5, 5.41) is 19.6. The third-order valence-electron chi connectivity index (χ3n) is 3.30. The van der Waals surface area contributed by atoms with Gasteiger partial charge in [-0.05, 0) is 24.3 Å². The van der Waals surface area contributed by atoms with E-state index in [1.807, 2.05) is 0 Å². The molecule has 0 saturated carbocycles. The van der Waals surface area contributed by atoms with Crippen LogP contribution in [0.4, 0.5) is 0 Å². The normalized spacial score (nSPS) is 20.9. The van der Waals surface area contributed by atoms with Gasteiger partial charge in [0, 0.05) is 5.41 Å². The molecule has 1 aromatic carbocycles. The van der Waals surface area contributed by atoms with Crippen LogP contribution in [0.3, 0.4) is 0 Å². The van der Waals surface area contributed by atoms with Crippen molar-refractivity contribution in [3.63, 3.8) is 0 Å². The Labute approximate surface area is 112 Å². The molecular weight excluding hydrogens is 264 g/mol. The highest BCUT2D eigenvalue weighted by atomic mass is 32.2. The van der Waals surface area contributed by atoms with Gasteiger partial charge >= 0.3 is 0 Å². The van der Waals surface area contributed by atoms with Crippen LogP contribution in [0.15, 0.2) is 58.4 Å². The average Bonchev–Trinajstić information content (AvgIpc) is 2.34. The Morgan fingerprint density at radius 3 is 2.16 bits per heavy atom. The van der Waals surface area contributed by atoms with Crippen molar-refractivity contribution in [2.45, 2.75) is 24.5 Å². The summed E-state index contributed by atoms with van der Waals surface area (Å²) < 4.78 is 24.8. The van der Waals surface area contributed by atoms with Crippen LogP contribution in [-0.2, 0) is 9.84 Å². The van der Waals surface area contributed by atoms with Gasteiger partial charge in [0.1, 0.15) is 0 Å². The second kappa shape index (κ2) is 4.30. The Kier molecular flexibility index (Phi) is 3.16. The van der Waals surface area contributed by atoms with E-state index >= 15 is 0 Å². The minimum atomic E-state index is -3.63. The summed E-state index contributed by atoms with van der Waals surface area (Å²) in [7, 11) is -3.63. The third kappa shape index (κ3) is 2.36. The highest BCUT2D eigenvalue weighted by molar-refractivity contribution is 7.95. The van der Waals surface area contributed by atoms with Gasteiger partial charge in [0.25, 0.3) is 0 Å². The first kappa shape index (κ1) is 14.0. The minimum absolute atomic E-state index is 0.0717. The molecule has 0 bridgehead atoms. The molecule has 1 aromatic rings. The molecule has 0 aromatic heterocycles. The molecule has 0 saturated heterocycles. The first-order valence-corrected chi connectivity index (χ1v) is 7.32. The Morgan fingerprint density at radius 2 is 1.63 bits per heavy atom. The Hall–Kier alpha value is -1.43. The summed E-state index contributed by atoms with van der Waals surface area (Å²) in [5.74, 6) is -2.05. The number of sulfone groups is 1. The first-order valence-electron chi connectivity index (χ1n) is 5.84. The molecule has 2 rings (SSSR count). The molecule has 0 atom stereocenters. The molecule has 5 heteroatoms. The van der Waals surface area contributed by atoms with Gasteiger partial charge in [-0.25, -0.2) is 8.42 Å². The van der Waals surface area contributed by atoms with Crippen LogP contribution in [0.1, 0.15) is 13.8 Å². The van der Waals surface area contributed by atoms with E-state index in [1.54, 1.807) is 32.0 Å². The molecule has 102 valence electrons. The zero-order valence-electron chi connectivity index (χ0n) is 10.7. The highest BCUT2D eigenvalue weighted by Crippen LogP contribution is 2.38. The lowest BCUT2D eigenvalue weighted by molar-refractivity contribution is -0.178. The van der Waals surface area contributed by atoms with Gasteiger partial charge in [-0.1, -0.05) is 38.1 Å². The zero-order chi connectivity index (χ0) is 14.3. The van der Waals surface area contributed by atoms with E-state index in [0.29, 0.717) is 0 Å². The molecule has 0 heterocycles. The molecular formula is C14H16O4S. The maximum Gasteiger partial charge on any atom is 0.206 e. The Balaban J connectivity index is 2.51. The fraction of sp³-hybridized carbons (Fsp3) is 0.286. The Bertz CT molecular complexity index is 637. The van der Waals surface area contributed by atoms with Gasteiger partial charge in [-0.3, -0.25) is 0 Å². The molecule has 0 amide bonds. The minimum Gasteiger partial charge on any atom is -0.362 e. The molecule has 1 aliphatic rings. The van der Waals surface area contributed by atoms with E-state index < -0.39 is 21.0 Å².